The largest absolute Gasteiger partial charge is 0.486 e. The molecule has 0 aromatic heterocycles. The maximum absolute atomic E-state index is 12.7. The van der Waals surface area contributed by atoms with Gasteiger partial charge in [0.05, 0.1) is 6.54 Å². The lowest BCUT2D eigenvalue weighted by Crippen LogP contribution is -2.49. The van der Waals surface area contributed by atoms with E-state index in [4.69, 9.17) is 9.47 Å². The Balaban J connectivity index is 2.11. The number of likely N-dealkylation sites (N-methyl/N-ethyl adjacent to an activating group) is 1. The number of amides is 1. The number of fused-ring (bicyclic) bond motifs is 1. The summed E-state index contributed by atoms with van der Waals surface area (Å²) in [6, 6.07) is 7.26. The van der Waals surface area contributed by atoms with Gasteiger partial charge in [0.2, 0.25) is 15.9 Å². The lowest BCUT2D eigenvalue weighted by atomic mass is 10.2. The van der Waals surface area contributed by atoms with Gasteiger partial charge in [-0.15, -0.1) is 0 Å². The SMILES string of the molecule is CCN(C[C@@H]1COc2ccccc2O1)S(=O)(=O)[C@@H](C)C(=O)N(C)C. The van der Waals surface area contributed by atoms with Crippen LogP contribution in [0.3, 0.4) is 0 Å². The number of ether oxygens (including phenoxy) is 2. The number of para-hydroxylation sites is 2. The second kappa shape index (κ2) is 7.40. The average Bonchev–Trinajstić information content (AvgIpc) is 2.57. The van der Waals surface area contributed by atoms with Crippen molar-refractivity contribution in [2.24, 2.45) is 0 Å². The molecule has 0 spiro atoms. The van der Waals surface area contributed by atoms with Crippen LogP contribution >= 0.6 is 0 Å². The molecule has 0 saturated heterocycles. The molecule has 0 radical (unpaired) electrons. The number of benzene rings is 1. The highest BCUT2D eigenvalue weighted by Gasteiger charge is 2.36. The molecule has 0 aliphatic carbocycles. The number of nitrogens with zero attached hydrogens (tertiary/aromatic N) is 2. The van der Waals surface area contributed by atoms with Gasteiger partial charge in [0, 0.05) is 20.6 Å². The fourth-order valence-electron chi connectivity index (χ4n) is 2.51. The first-order chi connectivity index (χ1) is 11.3. The summed E-state index contributed by atoms with van der Waals surface area (Å²) in [4.78, 5) is 13.3. The Morgan fingerprint density at radius 3 is 2.50 bits per heavy atom. The minimum Gasteiger partial charge on any atom is -0.486 e. The first-order valence-electron chi connectivity index (χ1n) is 7.86. The van der Waals surface area contributed by atoms with E-state index in [2.05, 4.69) is 0 Å². The van der Waals surface area contributed by atoms with Crippen molar-refractivity contribution in [1.82, 2.24) is 9.21 Å². The highest BCUT2D eigenvalue weighted by molar-refractivity contribution is 7.90. The van der Waals surface area contributed by atoms with Crippen molar-refractivity contribution in [2.75, 3.05) is 33.8 Å². The molecule has 7 nitrogen and oxygen atoms in total. The summed E-state index contributed by atoms with van der Waals surface area (Å²) < 4.78 is 38.1. The zero-order valence-corrected chi connectivity index (χ0v) is 15.2. The maximum Gasteiger partial charge on any atom is 0.241 e. The molecule has 1 aromatic carbocycles. The van der Waals surface area contributed by atoms with Gasteiger partial charge < -0.3 is 14.4 Å². The van der Waals surface area contributed by atoms with Crippen molar-refractivity contribution in [2.45, 2.75) is 25.2 Å². The maximum atomic E-state index is 12.7. The number of carbonyl (C=O) groups is 1. The summed E-state index contributed by atoms with van der Waals surface area (Å²) in [5, 5.41) is -1.13. The molecule has 1 aliphatic heterocycles. The molecule has 2 atom stereocenters. The summed E-state index contributed by atoms with van der Waals surface area (Å²) >= 11 is 0. The number of carbonyl (C=O) groups excluding carboxylic acids is 1. The van der Waals surface area contributed by atoms with E-state index in [-0.39, 0.29) is 19.7 Å². The molecule has 0 bridgehead atoms. The van der Waals surface area contributed by atoms with Crippen LogP contribution in [-0.4, -0.2) is 68.7 Å². The highest BCUT2D eigenvalue weighted by atomic mass is 32.2. The standard InChI is InChI=1S/C16H24N2O5S/c1-5-18(24(20,21)12(2)16(19)17(3)4)10-13-11-22-14-8-6-7-9-15(14)23-13/h6-9,12-13H,5,10-11H2,1-4H3/t12-,13+/m0/s1. The fraction of sp³-hybridized carbons (Fsp3) is 0.562. The number of rotatable bonds is 6. The van der Waals surface area contributed by atoms with Crippen molar-refractivity contribution in [3.8, 4) is 11.5 Å². The van der Waals surface area contributed by atoms with Gasteiger partial charge in [-0.05, 0) is 19.1 Å². The average molecular weight is 356 g/mol. The van der Waals surface area contributed by atoms with Crippen molar-refractivity contribution in [3.05, 3.63) is 24.3 Å². The quantitative estimate of drug-likeness (QED) is 0.759. The van der Waals surface area contributed by atoms with Crippen LogP contribution in [0.5, 0.6) is 11.5 Å². The molecule has 8 heteroatoms. The second-order valence-electron chi connectivity index (χ2n) is 5.87. The highest BCUT2D eigenvalue weighted by Crippen LogP contribution is 2.31. The molecule has 24 heavy (non-hydrogen) atoms. The van der Waals surface area contributed by atoms with Gasteiger partial charge in [0.15, 0.2) is 16.7 Å². The van der Waals surface area contributed by atoms with Gasteiger partial charge in [-0.2, -0.15) is 4.31 Å². The van der Waals surface area contributed by atoms with Gasteiger partial charge in [0.1, 0.15) is 12.7 Å². The van der Waals surface area contributed by atoms with E-state index in [1.54, 1.807) is 33.2 Å². The normalized spacial score (nSPS) is 18.3. The Hall–Kier alpha value is -1.80. The molecule has 2 rings (SSSR count). The van der Waals surface area contributed by atoms with E-state index in [0.29, 0.717) is 11.5 Å². The third-order valence-electron chi connectivity index (χ3n) is 3.92. The van der Waals surface area contributed by atoms with Crippen LogP contribution in [0.2, 0.25) is 0 Å². The monoisotopic (exact) mass is 356 g/mol. The number of hydrogen-bond acceptors (Lipinski definition) is 5. The Bertz CT molecular complexity index is 689. The fourth-order valence-corrected chi connectivity index (χ4v) is 4.15. The molecular weight excluding hydrogens is 332 g/mol. The van der Waals surface area contributed by atoms with Crippen molar-refractivity contribution < 1.29 is 22.7 Å². The molecule has 1 amide bonds. The van der Waals surface area contributed by atoms with E-state index in [1.165, 1.54) is 16.1 Å². The van der Waals surface area contributed by atoms with Crippen LogP contribution < -0.4 is 9.47 Å². The molecule has 0 saturated carbocycles. The van der Waals surface area contributed by atoms with Crippen LogP contribution in [0, 0.1) is 0 Å². The predicted molar refractivity (Wildman–Crippen MR) is 90.7 cm³/mol. The number of hydrogen-bond donors (Lipinski definition) is 0. The van der Waals surface area contributed by atoms with E-state index in [1.807, 2.05) is 12.1 Å². The molecule has 1 aliphatic rings. The van der Waals surface area contributed by atoms with Crippen LogP contribution in [0.15, 0.2) is 24.3 Å². The Morgan fingerprint density at radius 1 is 1.29 bits per heavy atom. The molecule has 134 valence electrons. The number of sulfonamides is 1. The van der Waals surface area contributed by atoms with Crippen LogP contribution in [-0.2, 0) is 14.8 Å². The van der Waals surface area contributed by atoms with Crippen LogP contribution in [0.1, 0.15) is 13.8 Å². The molecule has 1 heterocycles. The second-order valence-corrected chi connectivity index (χ2v) is 8.12. The van der Waals surface area contributed by atoms with Gasteiger partial charge in [-0.25, -0.2) is 8.42 Å². The zero-order valence-electron chi connectivity index (χ0n) is 14.4. The summed E-state index contributed by atoms with van der Waals surface area (Å²) in [5.74, 6) is 0.801. The molecule has 0 N–H and O–H groups in total. The minimum atomic E-state index is -3.77. The van der Waals surface area contributed by atoms with Crippen molar-refractivity contribution >= 4 is 15.9 Å². The summed E-state index contributed by atoms with van der Waals surface area (Å²) in [5.41, 5.74) is 0. The molecule has 0 fully saturated rings. The minimum absolute atomic E-state index is 0.137. The topological polar surface area (TPSA) is 76.1 Å². The lowest BCUT2D eigenvalue weighted by Gasteiger charge is -2.31. The van der Waals surface area contributed by atoms with Gasteiger partial charge in [-0.3, -0.25) is 4.79 Å². The Kier molecular flexibility index (Phi) is 5.71. The van der Waals surface area contributed by atoms with Crippen LogP contribution in [0.4, 0.5) is 0 Å². The zero-order chi connectivity index (χ0) is 17.9. The van der Waals surface area contributed by atoms with Crippen molar-refractivity contribution in [1.29, 1.82) is 0 Å². The molecular formula is C16H24N2O5S. The molecule has 0 unspecified atom stereocenters. The summed E-state index contributed by atoms with van der Waals surface area (Å²) in [6.07, 6.45) is -0.420. The van der Waals surface area contributed by atoms with E-state index < -0.39 is 27.3 Å². The Morgan fingerprint density at radius 2 is 1.92 bits per heavy atom. The van der Waals surface area contributed by atoms with Gasteiger partial charge in [0.25, 0.3) is 0 Å². The summed E-state index contributed by atoms with van der Waals surface area (Å²) in [6.45, 7) is 3.81. The smallest absolute Gasteiger partial charge is 0.241 e. The molecule has 1 aromatic rings. The van der Waals surface area contributed by atoms with Crippen molar-refractivity contribution in [3.63, 3.8) is 0 Å². The first-order valence-corrected chi connectivity index (χ1v) is 9.36. The van der Waals surface area contributed by atoms with E-state index in [0.717, 1.165) is 0 Å². The predicted octanol–water partition coefficient (Wildman–Crippen LogP) is 0.955. The van der Waals surface area contributed by atoms with E-state index >= 15 is 0 Å². The van der Waals surface area contributed by atoms with E-state index in [9.17, 15) is 13.2 Å². The Labute approximate surface area is 143 Å². The third kappa shape index (κ3) is 3.81. The third-order valence-corrected chi connectivity index (χ3v) is 6.14. The summed E-state index contributed by atoms with van der Waals surface area (Å²) in [7, 11) is -0.683. The van der Waals surface area contributed by atoms with Gasteiger partial charge in [-0.1, -0.05) is 19.1 Å². The first kappa shape index (κ1) is 18.5. The lowest BCUT2D eigenvalue weighted by molar-refractivity contribution is -0.128. The van der Waals surface area contributed by atoms with Crippen LogP contribution in [0.25, 0.3) is 0 Å². The van der Waals surface area contributed by atoms with Gasteiger partial charge >= 0.3 is 0 Å².